The SMILES string of the molecule is CC1Cc2ccccc2C1C.CC1c2cccc3cccc(c23)C1C.CCC(C)(C)c1ccccc1.CCC(C)c1ccc2ccccc2c1.CCC(C)c1cccc2ccccc12.CCC(C)c1ccccc1. The largest absolute Gasteiger partial charge is 0.0648 e. The van der Waals surface area contributed by atoms with E-state index < -0.39 is 0 Å². The van der Waals surface area contributed by atoms with Gasteiger partial charge in [-0.2, -0.15) is 0 Å². The maximum atomic E-state index is 2.34. The van der Waals surface area contributed by atoms with Crippen LogP contribution in [0.1, 0.15) is 196 Å². The van der Waals surface area contributed by atoms with Gasteiger partial charge in [-0.3, -0.25) is 0 Å². The van der Waals surface area contributed by atoms with Crippen molar-refractivity contribution in [2.24, 2.45) is 5.92 Å². The molecule has 9 aromatic carbocycles. The molecule has 0 fully saturated rings. The maximum absolute atomic E-state index is 2.34. The van der Waals surface area contributed by atoms with Gasteiger partial charge in [0, 0.05) is 0 Å². The van der Waals surface area contributed by atoms with Crippen LogP contribution in [0.4, 0.5) is 0 Å². The number of fused-ring (bicyclic) bond motifs is 3. The summed E-state index contributed by atoms with van der Waals surface area (Å²) in [6.07, 6.45) is 6.10. The Labute approximate surface area is 449 Å². The van der Waals surface area contributed by atoms with Crippen molar-refractivity contribution in [1.82, 2.24) is 0 Å². The minimum Gasteiger partial charge on any atom is -0.0648 e. The molecular formula is C74H90. The second kappa shape index (κ2) is 27.9. The van der Waals surface area contributed by atoms with Crippen LogP contribution in [0.2, 0.25) is 0 Å². The maximum Gasteiger partial charge on any atom is -0.0106 e. The summed E-state index contributed by atoms with van der Waals surface area (Å²) in [6.45, 7) is 29.7. The van der Waals surface area contributed by atoms with Crippen molar-refractivity contribution in [1.29, 1.82) is 0 Å². The Hall–Kier alpha value is -6.24. The first kappa shape index (κ1) is 57.0. The first-order valence-electron chi connectivity index (χ1n) is 28.4. The average molecular weight is 980 g/mol. The predicted octanol–water partition coefficient (Wildman–Crippen LogP) is 22.3. The van der Waals surface area contributed by atoms with Gasteiger partial charge in [0.2, 0.25) is 0 Å². The molecule has 11 rings (SSSR count). The lowest BCUT2D eigenvalue weighted by atomic mass is 9.82. The Morgan fingerprint density at radius 1 is 0.405 bits per heavy atom. The lowest BCUT2D eigenvalue weighted by Gasteiger charge is -2.22. The summed E-state index contributed by atoms with van der Waals surface area (Å²) in [5.74, 6) is 4.99. The minimum atomic E-state index is 0.335. The monoisotopic (exact) mass is 979 g/mol. The topological polar surface area (TPSA) is 0 Å². The van der Waals surface area contributed by atoms with Gasteiger partial charge in [-0.25, -0.2) is 0 Å². The number of hydrogen-bond acceptors (Lipinski definition) is 0. The van der Waals surface area contributed by atoms with Crippen molar-refractivity contribution >= 4 is 32.3 Å². The Morgan fingerprint density at radius 2 is 0.878 bits per heavy atom. The van der Waals surface area contributed by atoms with Crippen LogP contribution in [-0.4, -0.2) is 0 Å². The zero-order valence-electron chi connectivity index (χ0n) is 47.7. The van der Waals surface area contributed by atoms with E-state index in [0.29, 0.717) is 35.0 Å². The van der Waals surface area contributed by atoms with Crippen LogP contribution in [0.25, 0.3) is 32.3 Å². The zero-order valence-corrected chi connectivity index (χ0v) is 47.7. The molecule has 0 aliphatic heterocycles. The van der Waals surface area contributed by atoms with Crippen LogP contribution >= 0.6 is 0 Å². The normalized spacial score (nSPS) is 17.3. The fourth-order valence-corrected chi connectivity index (χ4v) is 10.5. The molecule has 0 aromatic heterocycles. The molecule has 7 unspecified atom stereocenters. The molecule has 0 radical (unpaired) electrons. The van der Waals surface area contributed by atoms with Gasteiger partial charge in [0.05, 0.1) is 0 Å². The molecule has 0 N–H and O–H groups in total. The molecule has 0 saturated heterocycles. The highest BCUT2D eigenvalue weighted by Crippen LogP contribution is 2.46. The van der Waals surface area contributed by atoms with E-state index in [1.54, 1.807) is 11.1 Å². The van der Waals surface area contributed by atoms with Crippen molar-refractivity contribution in [3.05, 3.63) is 251 Å². The molecule has 7 atom stereocenters. The molecule has 2 aliphatic rings. The number of benzene rings is 9. The smallest absolute Gasteiger partial charge is 0.0106 e. The summed E-state index contributed by atoms with van der Waals surface area (Å²) in [5.41, 5.74) is 12.3. The summed E-state index contributed by atoms with van der Waals surface area (Å²) in [4.78, 5) is 0. The fraction of sp³-hybridized carbons (Fsp3) is 0.351. The van der Waals surface area contributed by atoms with E-state index in [1.165, 1.54) is 97.8 Å². The molecule has 0 amide bonds. The first-order chi connectivity index (χ1) is 35.7. The molecule has 0 spiro atoms. The van der Waals surface area contributed by atoms with Gasteiger partial charge in [0.1, 0.15) is 0 Å². The molecule has 0 nitrogen and oxygen atoms in total. The Bertz CT molecular complexity index is 3000. The zero-order chi connectivity index (χ0) is 53.2. The lowest BCUT2D eigenvalue weighted by molar-refractivity contribution is 0.506. The Morgan fingerprint density at radius 3 is 1.47 bits per heavy atom. The van der Waals surface area contributed by atoms with E-state index >= 15 is 0 Å². The molecule has 386 valence electrons. The quantitative estimate of drug-likeness (QED) is 0.142. The van der Waals surface area contributed by atoms with Crippen LogP contribution in [0.3, 0.4) is 0 Å². The third-order valence-electron chi connectivity index (χ3n) is 17.0. The molecule has 0 saturated carbocycles. The van der Waals surface area contributed by atoms with E-state index in [2.05, 4.69) is 296 Å². The van der Waals surface area contributed by atoms with E-state index in [4.69, 9.17) is 0 Å². The van der Waals surface area contributed by atoms with E-state index in [9.17, 15) is 0 Å². The highest BCUT2D eigenvalue weighted by atomic mass is 14.3. The molecule has 0 heterocycles. The molecular weight excluding hydrogens is 889 g/mol. The molecule has 9 aromatic rings. The highest BCUT2D eigenvalue weighted by molar-refractivity contribution is 5.92. The lowest BCUT2D eigenvalue weighted by Crippen LogP contribution is -2.14. The van der Waals surface area contributed by atoms with Gasteiger partial charge in [0.25, 0.3) is 0 Å². The van der Waals surface area contributed by atoms with Crippen molar-refractivity contribution < 1.29 is 0 Å². The third kappa shape index (κ3) is 14.7. The first-order valence-corrected chi connectivity index (χ1v) is 28.4. The van der Waals surface area contributed by atoms with Crippen molar-refractivity contribution in [2.45, 2.75) is 163 Å². The fourth-order valence-electron chi connectivity index (χ4n) is 10.5. The van der Waals surface area contributed by atoms with Gasteiger partial charge in [-0.05, 0) is 156 Å². The molecule has 0 bridgehead atoms. The summed E-state index contributed by atoms with van der Waals surface area (Å²) in [6, 6.07) is 74.0. The summed E-state index contributed by atoms with van der Waals surface area (Å²) in [5, 5.41) is 8.35. The Balaban J connectivity index is 0.000000145. The van der Waals surface area contributed by atoms with Gasteiger partial charge in [0.15, 0.2) is 0 Å². The standard InChI is InChI=1S/C14H14.2C14H16.C11H14.C11H16.C10H14/c1-9-10(2)13-8-4-6-11-5-3-7-12(9)14(11)13;1-3-11(2)13-10-6-8-12-7-4-5-9-14(12)13;1-3-11(2)13-9-8-12-6-4-5-7-14(12)10-13;1-8-7-10-5-3-4-6-11(10)9(8)2;1-4-11(2,3)10-8-6-5-7-9-10;1-3-9(2)10-7-5-4-6-8-10/h3-10H,1-2H3;2*4-11H,3H2,1-2H3;3-6,8-9H,7H2,1-2H3;5-9H,4H2,1-3H3;4-9H,3H2,1-2H3. The van der Waals surface area contributed by atoms with Crippen LogP contribution in [0.5, 0.6) is 0 Å². The van der Waals surface area contributed by atoms with Gasteiger partial charge in [-0.1, -0.05) is 296 Å². The number of rotatable bonds is 8. The van der Waals surface area contributed by atoms with Crippen molar-refractivity contribution in [3.63, 3.8) is 0 Å². The van der Waals surface area contributed by atoms with Crippen LogP contribution in [-0.2, 0) is 11.8 Å². The van der Waals surface area contributed by atoms with Crippen molar-refractivity contribution in [2.75, 3.05) is 0 Å². The van der Waals surface area contributed by atoms with E-state index in [-0.39, 0.29) is 0 Å². The average Bonchev–Trinajstić information content (AvgIpc) is 3.89. The highest BCUT2D eigenvalue weighted by Gasteiger charge is 2.27. The van der Waals surface area contributed by atoms with E-state index in [1.807, 2.05) is 0 Å². The second-order valence-corrected chi connectivity index (χ2v) is 22.2. The summed E-state index contributed by atoms with van der Waals surface area (Å²) < 4.78 is 0. The molecule has 0 heteroatoms. The van der Waals surface area contributed by atoms with Crippen LogP contribution in [0.15, 0.2) is 206 Å². The van der Waals surface area contributed by atoms with Crippen LogP contribution in [0, 0.1) is 5.92 Å². The number of hydrogen-bond donors (Lipinski definition) is 0. The van der Waals surface area contributed by atoms with Gasteiger partial charge >= 0.3 is 0 Å². The Kier molecular flexibility index (Phi) is 21.5. The molecule has 74 heavy (non-hydrogen) atoms. The van der Waals surface area contributed by atoms with Crippen LogP contribution < -0.4 is 0 Å². The van der Waals surface area contributed by atoms with Gasteiger partial charge < -0.3 is 0 Å². The summed E-state index contributed by atoms with van der Waals surface area (Å²) >= 11 is 0. The van der Waals surface area contributed by atoms with Gasteiger partial charge in [-0.15, -0.1) is 0 Å². The predicted molar refractivity (Wildman–Crippen MR) is 329 cm³/mol. The summed E-state index contributed by atoms with van der Waals surface area (Å²) in [7, 11) is 0. The van der Waals surface area contributed by atoms with E-state index in [0.717, 1.165) is 11.8 Å². The second-order valence-electron chi connectivity index (χ2n) is 22.2. The molecule has 2 aliphatic carbocycles. The van der Waals surface area contributed by atoms with Crippen molar-refractivity contribution in [3.8, 4) is 0 Å². The minimum absolute atomic E-state index is 0.335. The third-order valence-corrected chi connectivity index (χ3v) is 17.0.